The van der Waals surface area contributed by atoms with Crippen LogP contribution in [0.2, 0.25) is 0 Å². The van der Waals surface area contributed by atoms with Crippen molar-refractivity contribution < 1.29 is 9.13 Å². The van der Waals surface area contributed by atoms with Crippen molar-refractivity contribution in [2.75, 3.05) is 26.8 Å². The third kappa shape index (κ3) is 3.14. The molecule has 0 amide bonds. The number of nitrogens with one attached hydrogen (secondary N) is 1. The van der Waals surface area contributed by atoms with Gasteiger partial charge in [-0.2, -0.15) is 0 Å². The van der Waals surface area contributed by atoms with Crippen LogP contribution in [0.15, 0.2) is 29.7 Å². The molecule has 1 N–H and O–H groups in total. The van der Waals surface area contributed by atoms with E-state index in [9.17, 15) is 4.39 Å². The largest absolute Gasteiger partial charge is 0.383 e. The fourth-order valence-corrected chi connectivity index (χ4v) is 2.49. The molecular weight excluding hydrogens is 297 g/mol. The number of hydrogen-bond acceptors (Lipinski definition) is 5. The maximum absolute atomic E-state index is 14.7. The van der Waals surface area contributed by atoms with Crippen LogP contribution in [0.5, 0.6) is 0 Å². The molecule has 0 fully saturated rings. The second kappa shape index (κ2) is 6.70. The summed E-state index contributed by atoms with van der Waals surface area (Å²) < 4.78 is 19.8. The summed E-state index contributed by atoms with van der Waals surface area (Å²) >= 11 is 0. The van der Waals surface area contributed by atoms with Gasteiger partial charge in [0.05, 0.1) is 24.4 Å². The van der Waals surface area contributed by atoms with Gasteiger partial charge in [-0.25, -0.2) is 4.39 Å². The highest BCUT2D eigenvalue weighted by Crippen LogP contribution is 2.29. The van der Waals surface area contributed by atoms with Gasteiger partial charge in [-0.15, -0.1) is 10.2 Å². The van der Waals surface area contributed by atoms with Crippen LogP contribution in [-0.4, -0.2) is 53.1 Å². The number of hydrogen-bond donors (Lipinski definition) is 1. The van der Waals surface area contributed by atoms with E-state index in [1.54, 1.807) is 20.1 Å². The normalized spacial score (nSPS) is 14.2. The van der Waals surface area contributed by atoms with Crippen LogP contribution in [0.4, 0.5) is 4.39 Å². The Bertz CT molecular complexity index is 739. The molecule has 1 aromatic carbocycles. The number of aromatic nitrogens is 3. The lowest BCUT2D eigenvalue weighted by molar-refractivity contribution is 0.175. The number of H-pyrrole nitrogens is 1. The Balaban J connectivity index is 1.93. The molecule has 0 atom stereocenters. The van der Waals surface area contributed by atoms with Gasteiger partial charge < -0.3 is 14.6 Å². The van der Waals surface area contributed by atoms with Gasteiger partial charge in [0.25, 0.3) is 0 Å². The summed E-state index contributed by atoms with van der Waals surface area (Å²) in [5, 5.41) is 7.56. The van der Waals surface area contributed by atoms with Gasteiger partial charge >= 0.3 is 0 Å². The lowest BCUT2D eigenvalue weighted by atomic mass is 10.0. The first-order valence-electron chi connectivity index (χ1n) is 7.34. The lowest BCUT2D eigenvalue weighted by Gasteiger charge is -2.23. The fourth-order valence-electron chi connectivity index (χ4n) is 2.49. The highest BCUT2D eigenvalue weighted by atomic mass is 19.1. The van der Waals surface area contributed by atoms with Crippen LogP contribution < -0.4 is 0 Å². The first-order chi connectivity index (χ1) is 11.2. The zero-order valence-electron chi connectivity index (χ0n) is 13.1. The zero-order chi connectivity index (χ0) is 16.2. The molecule has 7 heteroatoms. The SMILES string of the molecule is COCCN1C=C(c2ccc(-c3nnc[nH]3)c(F)c2C)N=CC1. The predicted octanol–water partition coefficient (Wildman–Crippen LogP) is 2.25. The minimum Gasteiger partial charge on any atom is -0.383 e. The third-order valence-corrected chi connectivity index (χ3v) is 3.77. The molecule has 3 rings (SSSR count). The molecule has 0 bridgehead atoms. The fraction of sp³-hybridized carbons (Fsp3) is 0.312. The van der Waals surface area contributed by atoms with Crippen LogP contribution in [0.3, 0.4) is 0 Å². The molecule has 2 aromatic rings. The lowest BCUT2D eigenvalue weighted by Crippen LogP contribution is -2.26. The van der Waals surface area contributed by atoms with E-state index in [-0.39, 0.29) is 5.82 Å². The summed E-state index contributed by atoms with van der Waals surface area (Å²) in [6, 6.07) is 3.56. The minimum absolute atomic E-state index is 0.315. The Kier molecular flexibility index (Phi) is 4.47. The molecule has 0 aliphatic carbocycles. The van der Waals surface area contributed by atoms with Crippen molar-refractivity contribution in [3.8, 4) is 11.4 Å². The Morgan fingerprint density at radius 1 is 1.35 bits per heavy atom. The van der Waals surface area contributed by atoms with Crippen molar-refractivity contribution in [1.82, 2.24) is 20.1 Å². The summed E-state index contributed by atoms with van der Waals surface area (Å²) in [5.74, 6) is 0.101. The molecule has 120 valence electrons. The third-order valence-electron chi connectivity index (χ3n) is 3.77. The average molecular weight is 315 g/mol. The van der Waals surface area contributed by atoms with E-state index in [2.05, 4.69) is 25.1 Å². The summed E-state index contributed by atoms with van der Waals surface area (Å²) in [6.07, 6.45) is 5.20. The van der Waals surface area contributed by atoms with E-state index in [1.165, 1.54) is 6.33 Å². The Hall–Kier alpha value is -2.54. The van der Waals surface area contributed by atoms with Crippen LogP contribution in [0, 0.1) is 12.7 Å². The topological polar surface area (TPSA) is 66.4 Å². The van der Waals surface area contributed by atoms with Crippen molar-refractivity contribution >= 4 is 11.9 Å². The van der Waals surface area contributed by atoms with E-state index in [0.717, 1.165) is 24.4 Å². The van der Waals surface area contributed by atoms with Gasteiger partial charge in [0, 0.05) is 31.6 Å². The average Bonchev–Trinajstić information content (AvgIpc) is 3.10. The van der Waals surface area contributed by atoms with Crippen molar-refractivity contribution in [2.45, 2.75) is 6.92 Å². The van der Waals surface area contributed by atoms with Gasteiger partial charge in [0.2, 0.25) is 0 Å². The molecule has 0 unspecified atom stereocenters. The summed E-state index contributed by atoms with van der Waals surface area (Å²) in [5.41, 5.74) is 2.45. The van der Waals surface area contributed by atoms with E-state index >= 15 is 0 Å². The van der Waals surface area contributed by atoms with Crippen LogP contribution in [-0.2, 0) is 4.74 Å². The quantitative estimate of drug-likeness (QED) is 0.919. The second-order valence-corrected chi connectivity index (χ2v) is 5.25. The smallest absolute Gasteiger partial charge is 0.164 e. The molecule has 0 saturated carbocycles. The predicted molar refractivity (Wildman–Crippen MR) is 86.4 cm³/mol. The molecule has 0 radical (unpaired) electrons. The molecule has 6 nitrogen and oxygen atoms in total. The molecule has 1 aliphatic rings. The number of halogens is 1. The first kappa shape index (κ1) is 15.4. The Morgan fingerprint density at radius 3 is 2.91 bits per heavy atom. The molecular formula is C16H18FN5O. The second-order valence-electron chi connectivity index (χ2n) is 5.25. The number of ether oxygens (including phenoxy) is 1. The van der Waals surface area contributed by atoms with Gasteiger partial charge in [-0.3, -0.25) is 4.99 Å². The van der Waals surface area contributed by atoms with Crippen molar-refractivity contribution in [3.63, 3.8) is 0 Å². The first-order valence-corrected chi connectivity index (χ1v) is 7.34. The number of aromatic amines is 1. The highest BCUT2D eigenvalue weighted by molar-refractivity contribution is 5.79. The standard InChI is InChI=1S/C16H18FN5O/c1-11-12(14-9-22(6-5-18-14)7-8-23-2)3-4-13(15(11)17)16-19-10-20-21-16/h3-5,9-10H,6-8H2,1-2H3,(H,19,20,21). The van der Waals surface area contributed by atoms with Crippen molar-refractivity contribution in [3.05, 3.63) is 41.6 Å². The maximum Gasteiger partial charge on any atom is 0.164 e. The van der Waals surface area contributed by atoms with Crippen molar-refractivity contribution in [1.29, 1.82) is 0 Å². The van der Waals surface area contributed by atoms with Crippen LogP contribution in [0.25, 0.3) is 17.1 Å². The van der Waals surface area contributed by atoms with E-state index in [0.29, 0.717) is 23.6 Å². The summed E-state index contributed by atoms with van der Waals surface area (Å²) in [7, 11) is 1.67. The monoisotopic (exact) mass is 315 g/mol. The molecule has 0 spiro atoms. The number of aliphatic imine (C=N–C) groups is 1. The van der Waals surface area contributed by atoms with E-state index < -0.39 is 0 Å². The molecule has 23 heavy (non-hydrogen) atoms. The molecule has 0 saturated heterocycles. The summed E-state index contributed by atoms with van der Waals surface area (Å²) in [4.78, 5) is 9.32. The van der Waals surface area contributed by atoms with Gasteiger partial charge in [0.1, 0.15) is 12.1 Å². The minimum atomic E-state index is -0.315. The zero-order valence-corrected chi connectivity index (χ0v) is 13.1. The van der Waals surface area contributed by atoms with E-state index in [1.807, 2.05) is 18.5 Å². The number of methoxy groups -OCH3 is 1. The van der Waals surface area contributed by atoms with Gasteiger partial charge in [-0.05, 0) is 18.6 Å². The maximum atomic E-state index is 14.7. The van der Waals surface area contributed by atoms with E-state index in [4.69, 9.17) is 4.74 Å². The molecule has 2 heterocycles. The van der Waals surface area contributed by atoms with Crippen LogP contribution >= 0.6 is 0 Å². The summed E-state index contributed by atoms with van der Waals surface area (Å²) in [6.45, 7) is 3.87. The number of rotatable bonds is 5. The van der Waals surface area contributed by atoms with Crippen LogP contribution in [0.1, 0.15) is 11.1 Å². The number of nitrogens with zero attached hydrogens (tertiary/aromatic N) is 4. The molecule has 1 aliphatic heterocycles. The molecule has 1 aromatic heterocycles. The van der Waals surface area contributed by atoms with Crippen molar-refractivity contribution in [2.24, 2.45) is 4.99 Å². The van der Waals surface area contributed by atoms with Gasteiger partial charge in [0.15, 0.2) is 5.82 Å². The number of benzene rings is 1. The van der Waals surface area contributed by atoms with Gasteiger partial charge in [-0.1, -0.05) is 6.07 Å². The highest BCUT2D eigenvalue weighted by Gasteiger charge is 2.17. The Labute approximate surface area is 133 Å². The Morgan fingerprint density at radius 2 is 2.17 bits per heavy atom.